The molecule has 0 saturated carbocycles. The average Bonchev–Trinajstić information content (AvgIpc) is 2.90. The maximum atomic E-state index is 12.2. The Morgan fingerprint density at radius 2 is 1.67 bits per heavy atom. The number of rotatable bonds is 4. The molecular formula is C18H16ClN3O2. The number of fused-ring (bicyclic) bond motifs is 1. The Hall–Kier alpha value is -2.79. The number of hydrogen-bond acceptors (Lipinski definition) is 2. The third kappa shape index (κ3) is 3.75. The Labute approximate surface area is 144 Å². The molecular weight excluding hydrogens is 326 g/mol. The molecule has 2 aromatic carbocycles. The molecule has 0 aliphatic rings. The Balaban J connectivity index is 1.67. The van der Waals surface area contributed by atoms with E-state index in [2.05, 4.69) is 10.6 Å². The van der Waals surface area contributed by atoms with Crippen LogP contribution in [0.4, 0.5) is 11.4 Å². The number of hydrogen-bond donors (Lipinski definition) is 2. The van der Waals surface area contributed by atoms with Crippen molar-refractivity contribution in [3.63, 3.8) is 0 Å². The number of nitrogens with zero attached hydrogens (tertiary/aromatic N) is 1. The predicted molar refractivity (Wildman–Crippen MR) is 96.3 cm³/mol. The van der Waals surface area contributed by atoms with Crippen LogP contribution in [0.1, 0.15) is 6.92 Å². The molecule has 0 aliphatic heterocycles. The van der Waals surface area contributed by atoms with Crippen molar-refractivity contribution >= 4 is 45.7 Å². The van der Waals surface area contributed by atoms with Gasteiger partial charge in [0.05, 0.1) is 0 Å². The van der Waals surface area contributed by atoms with E-state index in [-0.39, 0.29) is 18.4 Å². The molecule has 1 aromatic heterocycles. The average molecular weight is 342 g/mol. The van der Waals surface area contributed by atoms with Gasteiger partial charge in [-0.25, -0.2) is 0 Å². The Morgan fingerprint density at radius 1 is 1.00 bits per heavy atom. The minimum atomic E-state index is -0.133. The van der Waals surface area contributed by atoms with E-state index in [4.69, 9.17) is 11.6 Å². The number of aromatic nitrogens is 1. The number of nitrogens with one attached hydrogen (secondary N) is 2. The molecule has 0 saturated heterocycles. The summed E-state index contributed by atoms with van der Waals surface area (Å²) in [6, 6.07) is 14.5. The molecule has 0 bridgehead atoms. The van der Waals surface area contributed by atoms with Crippen LogP contribution in [0, 0.1) is 0 Å². The zero-order chi connectivity index (χ0) is 17.1. The molecule has 0 atom stereocenters. The number of amides is 2. The molecule has 0 spiro atoms. The van der Waals surface area contributed by atoms with Crippen LogP contribution in [0.5, 0.6) is 0 Å². The summed E-state index contributed by atoms with van der Waals surface area (Å²) in [5.41, 5.74) is 2.32. The van der Waals surface area contributed by atoms with E-state index in [0.29, 0.717) is 16.4 Å². The van der Waals surface area contributed by atoms with Crippen molar-refractivity contribution in [3.05, 3.63) is 59.8 Å². The molecule has 0 fully saturated rings. The van der Waals surface area contributed by atoms with Gasteiger partial charge in [0.2, 0.25) is 11.8 Å². The van der Waals surface area contributed by atoms with Gasteiger partial charge >= 0.3 is 0 Å². The summed E-state index contributed by atoms with van der Waals surface area (Å²) in [6.07, 6.45) is 1.86. The smallest absolute Gasteiger partial charge is 0.244 e. The van der Waals surface area contributed by atoms with Gasteiger partial charge in [-0.05, 0) is 48.5 Å². The number of anilines is 2. The van der Waals surface area contributed by atoms with Crippen LogP contribution in [-0.4, -0.2) is 16.4 Å². The second-order valence-electron chi connectivity index (χ2n) is 5.45. The summed E-state index contributed by atoms with van der Waals surface area (Å²) in [4.78, 5) is 23.2. The summed E-state index contributed by atoms with van der Waals surface area (Å²) in [6.45, 7) is 1.66. The first kappa shape index (κ1) is 16.1. The number of benzene rings is 2. The highest BCUT2D eigenvalue weighted by atomic mass is 35.5. The first-order valence-electron chi connectivity index (χ1n) is 7.43. The lowest BCUT2D eigenvalue weighted by molar-refractivity contribution is -0.116. The highest BCUT2D eigenvalue weighted by Gasteiger charge is 2.07. The molecule has 3 aromatic rings. The van der Waals surface area contributed by atoms with Gasteiger partial charge in [-0.3, -0.25) is 9.59 Å². The molecule has 1 heterocycles. The van der Waals surface area contributed by atoms with Gasteiger partial charge in [-0.1, -0.05) is 11.6 Å². The van der Waals surface area contributed by atoms with Gasteiger partial charge in [0, 0.05) is 40.4 Å². The monoisotopic (exact) mass is 341 g/mol. The van der Waals surface area contributed by atoms with Crippen molar-refractivity contribution in [2.75, 3.05) is 10.6 Å². The third-order valence-electron chi connectivity index (χ3n) is 3.54. The van der Waals surface area contributed by atoms with Gasteiger partial charge in [-0.2, -0.15) is 0 Å². The van der Waals surface area contributed by atoms with Gasteiger partial charge in [-0.15, -0.1) is 0 Å². The van der Waals surface area contributed by atoms with Crippen LogP contribution in [-0.2, 0) is 16.1 Å². The highest BCUT2D eigenvalue weighted by molar-refractivity contribution is 6.31. The minimum absolute atomic E-state index is 0.130. The van der Waals surface area contributed by atoms with Crippen LogP contribution < -0.4 is 10.6 Å². The maximum absolute atomic E-state index is 12.2. The second kappa shape index (κ2) is 6.76. The molecule has 0 radical (unpaired) electrons. The SMILES string of the molecule is CC(=O)Nc1ccc(NC(=O)Cn2ccc3cc(Cl)ccc32)cc1. The van der Waals surface area contributed by atoms with Crippen LogP contribution >= 0.6 is 11.6 Å². The Kier molecular flexibility index (Phi) is 4.53. The summed E-state index contributed by atoms with van der Waals surface area (Å²) in [5, 5.41) is 7.18. The Morgan fingerprint density at radius 3 is 2.33 bits per heavy atom. The van der Waals surface area contributed by atoms with Crippen molar-refractivity contribution < 1.29 is 9.59 Å². The number of carbonyl (C=O) groups excluding carboxylic acids is 2. The van der Waals surface area contributed by atoms with E-state index in [0.717, 1.165) is 10.9 Å². The largest absolute Gasteiger partial charge is 0.338 e. The van der Waals surface area contributed by atoms with E-state index in [1.807, 2.05) is 29.0 Å². The van der Waals surface area contributed by atoms with Crippen LogP contribution in [0.25, 0.3) is 10.9 Å². The standard InChI is InChI=1S/C18H16ClN3O2/c1-12(23)20-15-3-5-16(6-4-15)21-18(24)11-22-9-8-13-10-14(19)2-7-17(13)22/h2-10H,11H2,1H3,(H,20,23)(H,21,24). The summed E-state index contributed by atoms with van der Waals surface area (Å²) in [7, 11) is 0. The number of carbonyl (C=O) groups is 2. The van der Waals surface area contributed by atoms with E-state index in [1.54, 1.807) is 30.3 Å². The molecule has 3 rings (SSSR count). The molecule has 24 heavy (non-hydrogen) atoms. The van der Waals surface area contributed by atoms with E-state index in [9.17, 15) is 9.59 Å². The molecule has 122 valence electrons. The fraction of sp³-hybridized carbons (Fsp3) is 0.111. The molecule has 2 amide bonds. The zero-order valence-corrected chi connectivity index (χ0v) is 13.8. The molecule has 0 unspecified atom stereocenters. The minimum Gasteiger partial charge on any atom is -0.338 e. The Bertz CT molecular complexity index is 900. The first-order chi connectivity index (χ1) is 11.5. The van der Waals surface area contributed by atoms with Crippen molar-refractivity contribution in [2.45, 2.75) is 13.5 Å². The summed E-state index contributed by atoms with van der Waals surface area (Å²) in [5.74, 6) is -0.263. The summed E-state index contributed by atoms with van der Waals surface area (Å²) < 4.78 is 1.87. The van der Waals surface area contributed by atoms with Gasteiger partial charge in [0.1, 0.15) is 6.54 Å². The van der Waals surface area contributed by atoms with E-state index >= 15 is 0 Å². The zero-order valence-electron chi connectivity index (χ0n) is 13.0. The topological polar surface area (TPSA) is 63.1 Å². The van der Waals surface area contributed by atoms with Crippen molar-refractivity contribution in [1.82, 2.24) is 4.57 Å². The lowest BCUT2D eigenvalue weighted by Crippen LogP contribution is -2.18. The van der Waals surface area contributed by atoms with E-state index < -0.39 is 0 Å². The lowest BCUT2D eigenvalue weighted by atomic mass is 10.2. The van der Waals surface area contributed by atoms with Gasteiger partial charge < -0.3 is 15.2 Å². The fourth-order valence-corrected chi connectivity index (χ4v) is 2.68. The fourth-order valence-electron chi connectivity index (χ4n) is 2.50. The number of halogens is 1. The molecule has 6 heteroatoms. The quantitative estimate of drug-likeness (QED) is 0.756. The van der Waals surface area contributed by atoms with Crippen molar-refractivity contribution in [3.8, 4) is 0 Å². The molecule has 0 aliphatic carbocycles. The van der Waals surface area contributed by atoms with Crippen LogP contribution in [0.3, 0.4) is 0 Å². The van der Waals surface area contributed by atoms with Gasteiger partial charge in [0.25, 0.3) is 0 Å². The lowest BCUT2D eigenvalue weighted by Gasteiger charge is -2.08. The van der Waals surface area contributed by atoms with Crippen molar-refractivity contribution in [1.29, 1.82) is 0 Å². The van der Waals surface area contributed by atoms with E-state index in [1.165, 1.54) is 6.92 Å². The first-order valence-corrected chi connectivity index (χ1v) is 7.81. The highest BCUT2D eigenvalue weighted by Crippen LogP contribution is 2.20. The van der Waals surface area contributed by atoms with Crippen LogP contribution in [0.2, 0.25) is 5.02 Å². The van der Waals surface area contributed by atoms with Crippen molar-refractivity contribution in [2.24, 2.45) is 0 Å². The second-order valence-corrected chi connectivity index (χ2v) is 5.89. The normalized spacial score (nSPS) is 10.6. The van der Waals surface area contributed by atoms with Crippen LogP contribution in [0.15, 0.2) is 54.7 Å². The molecule has 2 N–H and O–H groups in total. The van der Waals surface area contributed by atoms with Gasteiger partial charge in [0.15, 0.2) is 0 Å². The predicted octanol–water partition coefficient (Wildman–Crippen LogP) is 3.89. The maximum Gasteiger partial charge on any atom is 0.244 e. The molecule has 5 nitrogen and oxygen atoms in total. The summed E-state index contributed by atoms with van der Waals surface area (Å²) >= 11 is 5.97. The third-order valence-corrected chi connectivity index (χ3v) is 3.77.